The maximum Gasteiger partial charge on any atom is 0.177 e. The molecule has 2 rings (SSSR count). The van der Waals surface area contributed by atoms with Crippen LogP contribution >= 0.6 is 11.5 Å². The maximum atomic E-state index is 4.17. The van der Waals surface area contributed by atoms with Gasteiger partial charge in [-0.25, -0.2) is 0 Å². The molecule has 0 amide bonds. The van der Waals surface area contributed by atoms with Gasteiger partial charge in [-0.15, -0.1) is 15.3 Å². The molecule has 0 aliphatic heterocycles. The summed E-state index contributed by atoms with van der Waals surface area (Å²) >= 11 is 1.36. The minimum absolute atomic E-state index is 0.0196. The van der Waals surface area contributed by atoms with E-state index in [1.165, 1.54) is 11.5 Å². The summed E-state index contributed by atoms with van der Waals surface area (Å²) in [7, 11) is 1.92. The van der Waals surface area contributed by atoms with E-state index in [0.29, 0.717) is 0 Å². The van der Waals surface area contributed by atoms with Crippen LogP contribution in [0.1, 0.15) is 26.5 Å². The summed E-state index contributed by atoms with van der Waals surface area (Å²) in [5.41, 5.74) is 0.956. The summed E-state index contributed by atoms with van der Waals surface area (Å²) < 4.78 is 5.88. The van der Waals surface area contributed by atoms with E-state index in [9.17, 15) is 0 Å². The molecule has 0 aromatic carbocycles. The second kappa shape index (κ2) is 3.37. The highest BCUT2D eigenvalue weighted by molar-refractivity contribution is 7.09. The molecule has 2 heterocycles. The standard InChI is InChI=1S/C9H13N5S/c1-9(2,3)7-6(15-13-11-7)8-12-10-5-14(8)4/h5H,1-4H3. The van der Waals surface area contributed by atoms with Crippen LogP contribution in [0.5, 0.6) is 0 Å². The van der Waals surface area contributed by atoms with Gasteiger partial charge in [0.15, 0.2) is 5.82 Å². The molecule has 2 aromatic heterocycles. The van der Waals surface area contributed by atoms with E-state index in [4.69, 9.17) is 0 Å². The zero-order chi connectivity index (χ0) is 11.1. The average Bonchev–Trinajstić information content (AvgIpc) is 2.69. The normalized spacial score (nSPS) is 12.0. The van der Waals surface area contributed by atoms with Gasteiger partial charge in [0.05, 0.1) is 5.69 Å². The Morgan fingerprint density at radius 1 is 1.27 bits per heavy atom. The summed E-state index contributed by atoms with van der Waals surface area (Å²) in [5, 5.41) is 12.1. The van der Waals surface area contributed by atoms with Gasteiger partial charge in [-0.2, -0.15) is 0 Å². The molecule has 0 atom stereocenters. The molecule has 15 heavy (non-hydrogen) atoms. The van der Waals surface area contributed by atoms with Crippen molar-refractivity contribution >= 4 is 11.5 Å². The summed E-state index contributed by atoms with van der Waals surface area (Å²) in [5.74, 6) is 0.829. The van der Waals surface area contributed by atoms with Crippen molar-refractivity contribution in [1.29, 1.82) is 0 Å². The number of aromatic nitrogens is 5. The van der Waals surface area contributed by atoms with E-state index in [-0.39, 0.29) is 5.41 Å². The summed E-state index contributed by atoms with van der Waals surface area (Å²) in [6.07, 6.45) is 1.68. The van der Waals surface area contributed by atoms with E-state index < -0.39 is 0 Å². The van der Waals surface area contributed by atoms with Gasteiger partial charge in [0.25, 0.3) is 0 Å². The molecule has 0 bridgehead atoms. The molecular weight excluding hydrogens is 210 g/mol. The third-order valence-electron chi connectivity index (χ3n) is 2.11. The van der Waals surface area contributed by atoms with E-state index in [2.05, 4.69) is 40.6 Å². The van der Waals surface area contributed by atoms with Crippen molar-refractivity contribution in [2.45, 2.75) is 26.2 Å². The van der Waals surface area contributed by atoms with E-state index in [0.717, 1.165) is 16.4 Å². The van der Waals surface area contributed by atoms with Crippen molar-refractivity contribution < 1.29 is 0 Å². The molecule has 0 spiro atoms. The Morgan fingerprint density at radius 2 is 2.00 bits per heavy atom. The van der Waals surface area contributed by atoms with Crippen molar-refractivity contribution in [1.82, 2.24) is 24.4 Å². The van der Waals surface area contributed by atoms with Crippen molar-refractivity contribution in [2.24, 2.45) is 7.05 Å². The number of aryl methyl sites for hydroxylation is 1. The van der Waals surface area contributed by atoms with E-state index in [1.807, 2.05) is 11.6 Å². The molecule has 5 nitrogen and oxygen atoms in total. The van der Waals surface area contributed by atoms with Gasteiger partial charge in [-0.05, 0) is 11.5 Å². The predicted octanol–water partition coefficient (Wildman–Crippen LogP) is 1.63. The molecule has 6 heteroatoms. The molecule has 0 saturated heterocycles. The quantitative estimate of drug-likeness (QED) is 0.737. The Hall–Kier alpha value is -1.30. The van der Waals surface area contributed by atoms with E-state index >= 15 is 0 Å². The fourth-order valence-corrected chi connectivity index (χ4v) is 2.22. The van der Waals surface area contributed by atoms with Gasteiger partial charge in [0.2, 0.25) is 0 Å². The van der Waals surface area contributed by atoms with Crippen LogP contribution in [0.25, 0.3) is 10.7 Å². The molecular formula is C9H13N5S. The number of hydrogen-bond donors (Lipinski definition) is 0. The zero-order valence-corrected chi connectivity index (χ0v) is 10.0. The SMILES string of the molecule is Cn1cnnc1-c1snnc1C(C)(C)C. The Balaban J connectivity index is 2.56. The molecule has 0 aliphatic carbocycles. The Labute approximate surface area is 92.3 Å². The highest BCUT2D eigenvalue weighted by Crippen LogP contribution is 2.32. The molecule has 0 unspecified atom stereocenters. The third kappa shape index (κ3) is 1.77. The first-order valence-electron chi connectivity index (χ1n) is 4.67. The lowest BCUT2D eigenvalue weighted by molar-refractivity contribution is 0.567. The Bertz CT molecular complexity index is 465. The van der Waals surface area contributed by atoms with Crippen LogP contribution in [0, 0.1) is 0 Å². The minimum atomic E-state index is -0.0196. The van der Waals surface area contributed by atoms with Crippen molar-refractivity contribution in [3.63, 3.8) is 0 Å². The van der Waals surface area contributed by atoms with Crippen molar-refractivity contribution in [3.05, 3.63) is 12.0 Å². The summed E-state index contributed by atoms with van der Waals surface area (Å²) in [6, 6.07) is 0. The monoisotopic (exact) mass is 223 g/mol. The molecule has 2 aromatic rings. The highest BCUT2D eigenvalue weighted by Gasteiger charge is 2.25. The van der Waals surface area contributed by atoms with Crippen LogP contribution in [0.2, 0.25) is 0 Å². The second-order valence-corrected chi connectivity index (χ2v) is 5.22. The first kappa shape index (κ1) is 10.2. The van der Waals surface area contributed by atoms with Gasteiger partial charge in [0, 0.05) is 12.5 Å². The average molecular weight is 223 g/mol. The van der Waals surface area contributed by atoms with Crippen LogP contribution in [0.3, 0.4) is 0 Å². The van der Waals surface area contributed by atoms with Crippen LogP contribution in [0.15, 0.2) is 6.33 Å². The van der Waals surface area contributed by atoms with Gasteiger partial charge >= 0.3 is 0 Å². The molecule has 0 radical (unpaired) electrons. The first-order valence-corrected chi connectivity index (χ1v) is 5.44. The lowest BCUT2D eigenvalue weighted by Crippen LogP contribution is -2.13. The van der Waals surface area contributed by atoms with Crippen LogP contribution in [0.4, 0.5) is 0 Å². The first-order chi connectivity index (χ1) is 7.00. The number of hydrogen-bond acceptors (Lipinski definition) is 5. The second-order valence-electron chi connectivity index (χ2n) is 4.47. The van der Waals surface area contributed by atoms with Crippen LogP contribution in [-0.2, 0) is 12.5 Å². The largest absolute Gasteiger partial charge is 0.316 e. The van der Waals surface area contributed by atoms with Crippen molar-refractivity contribution in [3.8, 4) is 10.7 Å². The van der Waals surface area contributed by atoms with Gasteiger partial charge in [-0.3, -0.25) is 0 Å². The van der Waals surface area contributed by atoms with Crippen LogP contribution in [-0.4, -0.2) is 24.4 Å². The molecule has 0 saturated carbocycles. The van der Waals surface area contributed by atoms with E-state index in [1.54, 1.807) is 6.33 Å². The topological polar surface area (TPSA) is 56.5 Å². The summed E-state index contributed by atoms with van der Waals surface area (Å²) in [6.45, 7) is 6.34. The Kier molecular flexibility index (Phi) is 2.30. The molecule has 80 valence electrons. The summed E-state index contributed by atoms with van der Waals surface area (Å²) in [4.78, 5) is 1.00. The number of rotatable bonds is 1. The predicted molar refractivity (Wildman–Crippen MR) is 58.6 cm³/mol. The molecule has 0 N–H and O–H groups in total. The lowest BCUT2D eigenvalue weighted by Gasteiger charge is -2.15. The van der Waals surface area contributed by atoms with Gasteiger partial charge in [-0.1, -0.05) is 25.3 Å². The third-order valence-corrected chi connectivity index (χ3v) is 2.83. The zero-order valence-electron chi connectivity index (χ0n) is 9.22. The molecule has 0 aliphatic rings. The molecule has 0 fully saturated rings. The smallest absolute Gasteiger partial charge is 0.177 e. The minimum Gasteiger partial charge on any atom is -0.316 e. The number of nitrogens with zero attached hydrogens (tertiary/aromatic N) is 5. The van der Waals surface area contributed by atoms with Crippen LogP contribution < -0.4 is 0 Å². The van der Waals surface area contributed by atoms with Gasteiger partial charge in [0.1, 0.15) is 11.2 Å². The Morgan fingerprint density at radius 3 is 2.53 bits per heavy atom. The highest BCUT2D eigenvalue weighted by atomic mass is 32.1. The van der Waals surface area contributed by atoms with Gasteiger partial charge < -0.3 is 4.57 Å². The maximum absolute atomic E-state index is 4.17. The van der Waals surface area contributed by atoms with Crippen molar-refractivity contribution in [2.75, 3.05) is 0 Å². The fourth-order valence-electron chi connectivity index (χ4n) is 1.32. The fraction of sp³-hybridized carbons (Fsp3) is 0.556. The lowest BCUT2D eigenvalue weighted by atomic mass is 9.91.